The molecule has 20 heavy (non-hydrogen) atoms. The molecule has 1 unspecified atom stereocenters. The van der Waals surface area contributed by atoms with E-state index in [4.69, 9.17) is 5.11 Å². The van der Waals surface area contributed by atoms with Gasteiger partial charge in [0.2, 0.25) is 11.9 Å². The number of piperidine rings is 1. The molecule has 0 aliphatic carbocycles. The summed E-state index contributed by atoms with van der Waals surface area (Å²) in [6.45, 7) is 0.928. The van der Waals surface area contributed by atoms with E-state index in [1.807, 2.05) is 4.90 Å². The summed E-state index contributed by atoms with van der Waals surface area (Å²) in [7, 11) is 0. The Kier molecular flexibility index (Phi) is 5.00. The number of anilines is 1. The fraction of sp³-hybridized carbons (Fsp3) is 0.538. The zero-order chi connectivity index (χ0) is 14.4. The Balaban J connectivity index is 1.89. The number of nitrogens with one attached hydrogen (secondary N) is 1. The Morgan fingerprint density at radius 1 is 1.35 bits per heavy atom. The van der Waals surface area contributed by atoms with Crippen molar-refractivity contribution in [3.05, 3.63) is 18.5 Å². The maximum Gasteiger partial charge on any atom is 0.304 e. The fourth-order valence-corrected chi connectivity index (χ4v) is 2.41. The number of carboxylic acids is 1. The van der Waals surface area contributed by atoms with Crippen LogP contribution in [0.4, 0.5) is 5.95 Å². The molecule has 1 aliphatic heterocycles. The van der Waals surface area contributed by atoms with Crippen molar-refractivity contribution >= 4 is 17.8 Å². The molecule has 1 saturated heterocycles. The number of nitrogens with zero attached hydrogens (tertiary/aromatic N) is 3. The quantitative estimate of drug-likeness (QED) is 0.825. The van der Waals surface area contributed by atoms with E-state index in [1.165, 1.54) is 0 Å². The van der Waals surface area contributed by atoms with Gasteiger partial charge >= 0.3 is 5.97 Å². The number of hydrogen-bond donors (Lipinski definition) is 2. The fourth-order valence-electron chi connectivity index (χ4n) is 2.41. The summed E-state index contributed by atoms with van der Waals surface area (Å²) in [5.74, 6) is -0.772. The lowest BCUT2D eigenvalue weighted by Gasteiger charge is -2.34. The van der Waals surface area contributed by atoms with Crippen LogP contribution in [0, 0.1) is 0 Å². The summed E-state index contributed by atoms with van der Waals surface area (Å²) in [6.07, 6.45) is 6.01. The average molecular weight is 278 g/mol. The molecular formula is C13H18N4O3. The number of aliphatic carboxylic acids is 1. The summed E-state index contributed by atoms with van der Waals surface area (Å²) in [6, 6.07) is 1.60. The third kappa shape index (κ3) is 4.27. The Labute approximate surface area is 117 Å². The predicted octanol–water partition coefficient (Wildman–Crippen LogP) is 0.744. The number of rotatable bonds is 5. The van der Waals surface area contributed by atoms with E-state index in [-0.39, 0.29) is 30.9 Å². The number of carbonyl (C=O) groups excluding carboxylic acids is 1. The van der Waals surface area contributed by atoms with Gasteiger partial charge in [-0.05, 0) is 25.5 Å². The van der Waals surface area contributed by atoms with E-state index < -0.39 is 5.97 Å². The molecule has 1 aliphatic rings. The minimum Gasteiger partial charge on any atom is -0.481 e. The minimum absolute atomic E-state index is 0.0660. The highest BCUT2D eigenvalue weighted by atomic mass is 16.4. The number of hydrogen-bond acceptors (Lipinski definition) is 5. The van der Waals surface area contributed by atoms with Crippen LogP contribution in [0.1, 0.15) is 25.7 Å². The highest BCUT2D eigenvalue weighted by Gasteiger charge is 2.26. The molecular weight excluding hydrogens is 260 g/mol. The van der Waals surface area contributed by atoms with Crippen LogP contribution in [0.2, 0.25) is 0 Å². The number of amides is 1. The molecule has 1 fully saturated rings. The lowest BCUT2D eigenvalue weighted by Crippen LogP contribution is -2.45. The molecule has 0 saturated carbocycles. The zero-order valence-corrected chi connectivity index (χ0v) is 11.2. The second-order valence-corrected chi connectivity index (χ2v) is 4.84. The van der Waals surface area contributed by atoms with Crippen molar-refractivity contribution in [1.82, 2.24) is 14.9 Å². The lowest BCUT2D eigenvalue weighted by molar-refractivity contribution is -0.139. The van der Waals surface area contributed by atoms with E-state index in [9.17, 15) is 9.59 Å². The van der Waals surface area contributed by atoms with Crippen LogP contribution in [0.3, 0.4) is 0 Å². The monoisotopic (exact) mass is 278 g/mol. The molecule has 0 radical (unpaired) electrons. The second kappa shape index (κ2) is 6.95. The molecule has 2 N–H and O–H groups in total. The highest BCUT2D eigenvalue weighted by Crippen LogP contribution is 2.19. The van der Waals surface area contributed by atoms with Crippen molar-refractivity contribution in [2.24, 2.45) is 0 Å². The topological polar surface area (TPSA) is 95.4 Å². The summed E-state index contributed by atoms with van der Waals surface area (Å²) in [4.78, 5) is 32.5. The van der Waals surface area contributed by atoms with Gasteiger partial charge in [-0.1, -0.05) is 6.42 Å². The molecule has 1 atom stereocenters. The normalized spacial score (nSPS) is 19.5. The highest BCUT2D eigenvalue weighted by molar-refractivity contribution is 5.90. The number of likely N-dealkylation sites (tertiary alicyclic amines) is 1. The summed E-state index contributed by atoms with van der Waals surface area (Å²) >= 11 is 0. The number of carboxylic acid groups (broad SMARTS) is 1. The largest absolute Gasteiger partial charge is 0.481 e. The van der Waals surface area contributed by atoms with Crippen LogP contribution < -0.4 is 5.32 Å². The molecule has 7 heteroatoms. The first kappa shape index (κ1) is 14.4. The SMILES string of the molecule is O=C(O)CC1CCCCN1CC(=O)Nc1ncccn1. The molecule has 1 aromatic rings. The lowest BCUT2D eigenvalue weighted by atomic mass is 9.99. The van der Waals surface area contributed by atoms with E-state index in [1.54, 1.807) is 18.5 Å². The predicted molar refractivity (Wildman–Crippen MR) is 72.1 cm³/mol. The smallest absolute Gasteiger partial charge is 0.304 e. The third-order valence-electron chi connectivity index (χ3n) is 3.32. The van der Waals surface area contributed by atoms with Crippen molar-refractivity contribution in [3.8, 4) is 0 Å². The summed E-state index contributed by atoms with van der Waals surface area (Å²) in [5.41, 5.74) is 0. The van der Waals surface area contributed by atoms with Gasteiger partial charge in [0, 0.05) is 18.4 Å². The Morgan fingerprint density at radius 2 is 2.10 bits per heavy atom. The van der Waals surface area contributed by atoms with E-state index >= 15 is 0 Å². The van der Waals surface area contributed by atoms with E-state index in [0.717, 1.165) is 25.8 Å². The van der Waals surface area contributed by atoms with E-state index in [0.29, 0.717) is 0 Å². The van der Waals surface area contributed by atoms with Gasteiger partial charge in [-0.3, -0.25) is 19.8 Å². The first-order valence-electron chi connectivity index (χ1n) is 6.68. The van der Waals surface area contributed by atoms with Gasteiger partial charge < -0.3 is 5.11 Å². The Hall–Kier alpha value is -2.02. The van der Waals surface area contributed by atoms with Crippen LogP contribution in [-0.2, 0) is 9.59 Å². The maximum absolute atomic E-state index is 11.9. The Bertz CT molecular complexity index is 466. The van der Waals surface area contributed by atoms with E-state index in [2.05, 4.69) is 15.3 Å². The van der Waals surface area contributed by atoms with Crippen molar-refractivity contribution in [2.75, 3.05) is 18.4 Å². The van der Waals surface area contributed by atoms with Gasteiger partial charge in [0.15, 0.2) is 0 Å². The van der Waals surface area contributed by atoms with Crippen LogP contribution in [0.25, 0.3) is 0 Å². The summed E-state index contributed by atoms with van der Waals surface area (Å²) < 4.78 is 0. The zero-order valence-electron chi connectivity index (χ0n) is 11.2. The number of aromatic nitrogens is 2. The molecule has 1 aromatic heterocycles. The van der Waals surface area contributed by atoms with Gasteiger partial charge in [0.1, 0.15) is 0 Å². The van der Waals surface area contributed by atoms with Crippen molar-refractivity contribution in [1.29, 1.82) is 0 Å². The molecule has 0 spiro atoms. The van der Waals surface area contributed by atoms with Gasteiger partial charge in [-0.25, -0.2) is 9.97 Å². The molecule has 2 heterocycles. The van der Waals surface area contributed by atoms with Crippen LogP contribution >= 0.6 is 0 Å². The molecule has 108 valence electrons. The van der Waals surface area contributed by atoms with Crippen molar-refractivity contribution < 1.29 is 14.7 Å². The average Bonchev–Trinajstić information content (AvgIpc) is 2.41. The van der Waals surface area contributed by atoms with Crippen molar-refractivity contribution in [3.63, 3.8) is 0 Å². The first-order valence-corrected chi connectivity index (χ1v) is 6.68. The molecule has 1 amide bonds. The number of carbonyl (C=O) groups is 2. The maximum atomic E-state index is 11.9. The molecule has 7 nitrogen and oxygen atoms in total. The van der Waals surface area contributed by atoms with Gasteiger partial charge in [0.05, 0.1) is 13.0 Å². The molecule has 2 rings (SSSR count). The third-order valence-corrected chi connectivity index (χ3v) is 3.32. The van der Waals surface area contributed by atoms with Gasteiger partial charge in [-0.2, -0.15) is 0 Å². The standard InChI is InChI=1S/C13H18N4O3/c18-11(16-13-14-5-3-6-15-13)9-17-7-2-1-4-10(17)8-12(19)20/h3,5-6,10H,1-2,4,7-9H2,(H,19,20)(H,14,15,16,18). The Morgan fingerprint density at radius 3 is 2.80 bits per heavy atom. The van der Waals surface area contributed by atoms with Crippen LogP contribution in [-0.4, -0.2) is 51.0 Å². The van der Waals surface area contributed by atoms with Gasteiger partial charge in [0.25, 0.3) is 0 Å². The molecule has 0 aromatic carbocycles. The van der Waals surface area contributed by atoms with Crippen LogP contribution in [0.15, 0.2) is 18.5 Å². The van der Waals surface area contributed by atoms with Crippen molar-refractivity contribution in [2.45, 2.75) is 31.7 Å². The second-order valence-electron chi connectivity index (χ2n) is 4.84. The summed E-state index contributed by atoms with van der Waals surface area (Å²) in [5, 5.41) is 11.5. The van der Waals surface area contributed by atoms with Crippen LogP contribution in [0.5, 0.6) is 0 Å². The van der Waals surface area contributed by atoms with Gasteiger partial charge in [-0.15, -0.1) is 0 Å². The first-order chi connectivity index (χ1) is 9.65. The molecule has 0 bridgehead atoms. The minimum atomic E-state index is -0.825.